The van der Waals surface area contributed by atoms with Crippen molar-refractivity contribution in [2.75, 3.05) is 5.32 Å². The fourth-order valence-corrected chi connectivity index (χ4v) is 2.77. The van der Waals surface area contributed by atoms with Crippen molar-refractivity contribution in [2.45, 2.75) is 25.9 Å². The number of halogens is 3. The highest BCUT2D eigenvalue weighted by Crippen LogP contribution is 2.30. The molecule has 27 heavy (non-hydrogen) atoms. The summed E-state index contributed by atoms with van der Waals surface area (Å²) in [4.78, 5) is 17.1. The van der Waals surface area contributed by atoms with E-state index in [2.05, 4.69) is 10.3 Å². The van der Waals surface area contributed by atoms with E-state index in [9.17, 15) is 18.0 Å². The molecule has 0 bridgehead atoms. The third-order valence-electron chi connectivity index (χ3n) is 3.97. The first-order valence-corrected chi connectivity index (χ1v) is 8.23. The molecule has 0 aliphatic heterocycles. The maximum Gasteiger partial charge on any atom is 0.417 e. The minimum absolute atomic E-state index is 0.0558. The molecule has 5 nitrogen and oxygen atoms in total. The van der Waals surface area contributed by atoms with Crippen LogP contribution in [0.4, 0.5) is 18.9 Å². The van der Waals surface area contributed by atoms with Crippen LogP contribution < -0.4 is 5.32 Å². The first-order chi connectivity index (χ1) is 12.8. The summed E-state index contributed by atoms with van der Waals surface area (Å²) in [5.74, 6) is -0.583. The summed E-state index contributed by atoms with van der Waals surface area (Å²) in [6, 6.07) is 10.4. The van der Waals surface area contributed by atoms with Crippen molar-refractivity contribution in [3.8, 4) is 6.07 Å². The lowest BCUT2D eigenvalue weighted by molar-refractivity contribution is -0.137. The van der Waals surface area contributed by atoms with Gasteiger partial charge in [-0.3, -0.25) is 9.20 Å². The SMILES string of the molecule is CCCc1nc2ccc(C(F)(F)F)cn2c1C(=O)Nc1cccc(C#N)c1. The van der Waals surface area contributed by atoms with Gasteiger partial charge in [0.1, 0.15) is 11.3 Å². The highest BCUT2D eigenvalue weighted by atomic mass is 19.4. The zero-order valence-corrected chi connectivity index (χ0v) is 14.3. The van der Waals surface area contributed by atoms with Crippen molar-refractivity contribution in [1.82, 2.24) is 9.38 Å². The number of nitrogens with one attached hydrogen (secondary N) is 1. The van der Waals surface area contributed by atoms with Crippen LogP contribution in [0.3, 0.4) is 0 Å². The van der Waals surface area contributed by atoms with Gasteiger partial charge >= 0.3 is 6.18 Å². The normalized spacial score (nSPS) is 11.4. The van der Waals surface area contributed by atoms with E-state index in [4.69, 9.17) is 5.26 Å². The van der Waals surface area contributed by atoms with Crippen LogP contribution in [0.15, 0.2) is 42.6 Å². The Kier molecular flexibility index (Phi) is 4.86. The number of carbonyl (C=O) groups excluding carboxylic acids is 1. The second-order valence-corrected chi connectivity index (χ2v) is 5.95. The lowest BCUT2D eigenvalue weighted by atomic mass is 10.2. The van der Waals surface area contributed by atoms with Gasteiger partial charge in [0.2, 0.25) is 0 Å². The minimum Gasteiger partial charge on any atom is -0.321 e. The molecule has 0 fully saturated rings. The summed E-state index contributed by atoms with van der Waals surface area (Å²) < 4.78 is 40.4. The number of pyridine rings is 1. The van der Waals surface area contributed by atoms with E-state index in [1.54, 1.807) is 18.2 Å². The lowest BCUT2D eigenvalue weighted by Crippen LogP contribution is -2.17. The third-order valence-corrected chi connectivity index (χ3v) is 3.97. The van der Waals surface area contributed by atoms with E-state index >= 15 is 0 Å². The van der Waals surface area contributed by atoms with Crippen LogP contribution >= 0.6 is 0 Å². The third kappa shape index (κ3) is 3.77. The summed E-state index contributed by atoms with van der Waals surface area (Å²) in [5, 5.41) is 11.6. The van der Waals surface area contributed by atoms with Gasteiger partial charge in [-0.15, -0.1) is 0 Å². The smallest absolute Gasteiger partial charge is 0.321 e. The second-order valence-electron chi connectivity index (χ2n) is 5.95. The molecule has 0 atom stereocenters. The molecule has 2 heterocycles. The number of carbonyl (C=O) groups is 1. The highest BCUT2D eigenvalue weighted by molar-refractivity contribution is 6.04. The molecule has 2 aromatic heterocycles. The number of nitrogens with zero attached hydrogens (tertiary/aromatic N) is 3. The van der Waals surface area contributed by atoms with E-state index in [0.29, 0.717) is 29.8 Å². The highest BCUT2D eigenvalue weighted by Gasteiger charge is 2.32. The van der Waals surface area contributed by atoms with Crippen molar-refractivity contribution >= 4 is 17.2 Å². The number of aromatic nitrogens is 2. The number of fused-ring (bicyclic) bond motifs is 1. The van der Waals surface area contributed by atoms with Crippen LogP contribution in [0.1, 0.15) is 40.7 Å². The van der Waals surface area contributed by atoms with Gasteiger partial charge in [-0.2, -0.15) is 18.4 Å². The number of anilines is 1. The summed E-state index contributed by atoms with van der Waals surface area (Å²) >= 11 is 0. The molecule has 1 N–H and O–H groups in total. The van der Waals surface area contributed by atoms with Crippen molar-refractivity contribution in [2.24, 2.45) is 0 Å². The summed E-state index contributed by atoms with van der Waals surface area (Å²) in [6.45, 7) is 1.89. The molecule has 0 aliphatic rings. The van der Waals surface area contributed by atoms with E-state index in [0.717, 1.165) is 16.7 Å². The Bertz CT molecular complexity index is 1050. The predicted molar refractivity (Wildman–Crippen MR) is 93.3 cm³/mol. The first-order valence-electron chi connectivity index (χ1n) is 8.23. The molecule has 0 unspecified atom stereocenters. The van der Waals surface area contributed by atoms with Crippen LogP contribution in [0.25, 0.3) is 5.65 Å². The van der Waals surface area contributed by atoms with Crippen molar-refractivity contribution in [3.05, 3.63) is 65.1 Å². The maximum absolute atomic E-state index is 13.1. The van der Waals surface area contributed by atoms with Crippen molar-refractivity contribution in [1.29, 1.82) is 5.26 Å². The maximum atomic E-state index is 13.1. The fraction of sp³-hybridized carbons (Fsp3) is 0.211. The molecule has 0 saturated heterocycles. The van der Waals surface area contributed by atoms with E-state index in [-0.39, 0.29) is 11.3 Å². The summed E-state index contributed by atoms with van der Waals surface area (Å²) in [6.07, 6.45) is -2.52. The standard InChI is InChI=1S/C19H15F3N4O/c1-2-4-15-17(18(27)24-14-6-3-5-12(9-14)10-23)26-11-13(19(20,21)22)7-8-16(26)25-15/h3,5-9,11H,2,4H2,1H3,(H,24,27). The molecule has 1 amide bonds. The number of aryl methyl sites for hydroxylation is 1. The number of rotatable bonds is 4. The molecule has 3 rings (SSSR count). The molecular weight excluding hydrogens is 357 g/mol. The van der Waals surface area contributed by atoms with Crippen molar-refractivity contribution < 1.29 is 18.0 Å². The number of benzene rings is 1. The molecule has 0 saturated carbocycles. The monoisotopic (exact) mass is 372 g/mol. The van der Waals surface area contributed by atoms with Crippen molar-refractivity contribution in [3.63, 3.8) is 0 Å². The Morgan fingerprint density at radius 2 is 2.07 bits per heavy atom. The second kappa shape index (κ2) is 7.11. The van der Waals surface area contributed by atoms with Gasteiger partial charge in [0.25, 0.3) is 5.91 Å². The molecule has 3 aromatic rings. The first kappa shape index (κ1) is 18.5. The van der Waals surface area contributed by atoms with Gasteiger partial charge in [0, 0.05) is 11.9 Å². The van der Waals surface area contributed by atoms with Crippen LogP contribution in [0.5, 0.6) is 0 Å². The van der Waals surface area contributed by atoms with Gasteiger partial charge in [-0.05, 0) is 36.8 Å². The number of amides is 1. The number of hydrogen-bond acceptors (Lipinski definition) is 3. The Balaban J connectivity index is 2.08. The molecule has 1 aromatic carbocycles. The quantitative estimate of drug-likeness (QED) is 0.737. The fourth-order valence-electron chi connectivity index (χ4n) is 2.77. The summed E-state index contributed by atoms with van der Waals surface area (Å²) in [5.41, 5.74) is 0.618. The number of imidazole rings is 1. The molecule has 138 valence electrons. The van der Waals surface area contributed by atoms with Gasteiger partial charge in [-0.1, -0.05) is 19.4 Å². The van der Waals surface area contributed by atoms with Crippen LogP contribution in [0, 0.1) is 11.3 Å². The Hall–Kier alpha value is -3.34. The number of nitriles is 1. The minimum atomic E-state index is -4.53. The number of hydrogen-bond donors (Lipinski definition) is 1. The molecule has 0 radical (unpaired) electrons. The van der Waals surface area contributed by atoms with Gasteiger partial charge < -0.3 is 5.32 Å². The Morgan fingerprint density at radius 1 is 1.30 bits per heavy atom. The molecule has 8 heteroatoms. The van der Waals surface area contributed by atoms with Crippen LogP contribution in [0.2, 0.25) is 0 Å². The van der Waals surface area contributed by atoms with Gasteiger partial charge in [-0.25, -0.2) is 4.98 Å². The Labute approximate surface area is 153 Å². The van der Waals surface area contributed by atoms with Crippen LogP contribution in [-0.4, -0.2) is 15.3 Å². The van der Waals surface area contributed by atoms with E-state index in [1.807, 2.05) is 13.0 Å². The van der Waals surface area contributed by atoms with E-state index in [1.165, 1.54) is 12.1 Å². The largest absolute Gasteiger partial charge is 0.417 e. The topological polar surface area (TPSA) is 70.2 Å². The molecule has 0 aliphatic carbocycles. The molecular formula is C19H15F3N4O. The van der Waals surface area contributed by atoms with Gasteiger partial charge in [0.15, 0.2) is 0 Å². The zero-order chi connectivity index (χ0) is 19.6. The van der Waals surface area contributed by atoms with Gasteiger partial charge in [0.05, 0.1) is 22.9 Å². The lowest BCUT2D eigenvalue weighted by Gasteiger charge is -2.10. The van der Waals surface area contributed by atoms with E-state index < -0.39 is 17.6 Å². The van der Waals surface area contributed by atoms with Crippen LogP contribution in [-0.2, 0) is 12.6 Å². The zero-order valence-electron chi connectivity index (χ0n) is 14.3. The average molecular weight is 372 g/mol. The average Bonchev–Trinajstić information content (AvgIpc) is 2.98. The molecule has 0 spiro atoms. The Morgan fingerprint density at radius 3 is 2.74 bits per heavy atom. The summed E-state index contributed by atoms with van der Waals surface area (Å²) in [7, 11) is 0. The number of alkyl halides is 3. The predicted octanol–water partition coefficient (Wildman–Crippen LogP) is 4.43.